The van der Waals surface area contributed by atoms with Crippen LogP contribution in [0.15, 0.2) is 0 Å². The lowest BCUT2D eigenvalue weighted by atomic mass is 9.98. The van der Waals surface area contributed by atoms with Crippen LogP contribution in [0.4, 0.5) is 0 Å². The zero-order valence-corrected chi connectivity index (χ0v) is 9.08. The summed E-state index contributed by atoms with van der Waals surface area (Å²) in [7, 11) is 3.70. The van der Waals surface area contributed by atoms with Crippen LogP contribution in [0.5, 0.6) is 0 Å². The van der Waals surface area contributed by atoms with Crippen LogP contribution in [0.1, 0.15) is 12.8 Å². The molecular formula is C10H20N2O2. The molecule has 0 aliphatic carbocycles. The van der Waals surface area contributed by atoms with Crippen LogP contribution in [0.2, 0.25) is 0 Å². The fourth-order valence-electron chi connectivity index (χ4n) is 1.80. The molecule has 0 aromatic rings. The largest absolute Gasteiger partial charge is 0.383 e. The third-order valence-electron chi connectivity index (χ3n) is 2.60. The van der Waals surface area contributed by atoms with Gasteiger partial charge in [-0.3, -0.25) is 4.79 Å². The molecule has 1 N–H and O–H groups in total. The van der Waals surface area contributed by atoms with E-state index in [1.165, 1.54) is 0 Å². The number of methoxy groups -OCH3 is 1. The molecule has 0 spiro atoms. The van der Waals surface area contributed by atoms with Gasteiger partial charge in [-0.05, 0) is 26.4 Å². The Morgan fingerprint density at radius 3 is 3.07 bits per heavy atom. The van der Waals surface area contributed by atoms with Crippen molar-refractivity contribution in [3.05, 3.63) is 0 Å². The Hall–Kier alpha value is -0.610. The summed E-state index contributed by atoms with van der Waals surface area (Å²) in [4.78, 5) is 13.8. The quantitative estimate of drug-likeness (QED) is 0.654. The number of piperidine rings is 1. The first-order valence-electron chi connectivity index (χ1n) is 5.19. The van der Waals surface area contributed by atoms with E-state index in [1.54, 1.807) is 7.11 Å². The molecule has 82 valence electrons. The summed E-state index contributed by atoms with van der Waals surface area (Å²) in [6, 6.07) is 0. The van der Waals surface area contributed by atoms with Gasteiger partial charge in [-0.1, -0.05) is 0 Å². The second-order valence-corrected chi connectivity index (χ2v) is 3.89. The standard InChI is InChI=1S/C10H20N2O2/c1-12-6-3-4-9(8-12)10(13)11-5-7-14-2/h9H,3-8H2,1-2H3,(H,11,13)/t9-/m0/s1. The molecule has 0 aromatic heterocycles. The van der Waals surface area contributed by atoms with Crippen molar-refractivity contribution in [1.29, 1.82) is 0 Å². The minimum atomic E-state index is 0.172. The molecule has 14 heavy (non-hydrogen) atoms. The highest BCUT2D eigenvalue weighted by molar-refractivity contribution is 5.78. The zero-order chi connectivity index (χ0) is 10.4. The fourth-order valence-corrected chi connectivity index (χ4v) is 1.80. The maximum absolute atomic E-state index is 11.6. The number of rotatable bonds is 4. The third kappa shape index (κ3) is 3.64. The molecule has 4 nitrogen and oxygen atoms in total. The van der Waals surface area contributed by atoms with Crippen LogP contribution in [0, 0.1) is 5.92 Å². The van der Waals surface area contributed by atoms with E-state index >= 15 is 0 Å². The molecule has 0 radical (unpaired) electrons. The van der Waals surface area contributed by atoms with E-state index in [9.17, 15) is 4.79 Å². The number of hydrogen-bond donors (Lipinski definition) is 1. The maximum Gasteiger partial charge on any atom is 0.224 e. The maximum atomic E-state index is 11.6. The third-order valence-corrected chi connectivity index (χ3v) is 2.60. The van der Waals surface area contributed by atoms with Crippen molar-refractivity contribution in [2.24, 2.45) is 5.92 Å². The lowest BCUT2D eigenvalue weighted by Gasteiger charge is -2.28. The van der Waals surface area contributed by atoms with Gasteiger partial charge in [-0.25, -0.2) is 0 Å². The van der Waals surface area contributed by atoms with Crippen molar-refractivity contribution in [2.45, 2.75) is 12.8 Å². The average molecular weight is 200 g/mol. The second-order valence-electron chi connectivity index (χ2n) is 3.89. The van der Waals surface area contributed by atoms with Crippen molar-refractivity contribution in [1.82, 2.24) is 10.2 Å². The van der Waals surface area contributed by atoms with Gasteiger partial charge in [0.1, 0.15) is 0 Å². The van der Waals surface area contributed by atoms with Crippen LogP contribution in [-0.4, -0.2) is 51.2 Å². The second kappa shape index (κ2) is 5.98. The Bertz CT molecular complexity index is 185. The van der Waals surface area contributed by atoms with E-state index < -0.39 is 0 Å². The minimum absolute atomic E-state index is 0.172. The predicted molar refractivity (Wildman–Crippen MR) is 55.1 cm³/mol. The van der Waals surface area contributed by atoms with Crippen molar-refractivity contribution in [2.75, 3.05) is 40.4 Å². The fraction of sp³-hybridized carbons (Fsp3) is 0.900. The molecule has 1 fully saturated rings. The first kappa shape index (κ1) is 11.5. The van der Waals surface area contributed by atoms with E-state index in [0.29, 0.717) is 13.2 Å². The number of likely N-dealkylation sites (tertiary alicyclic amines) is 1. The molecule has 1 atom stereocenters. The number of amides is 1. The first-order chi connectivity index (χ1) is 6.74. The topological polar surface area (TPSA) is 41.6 Å². The summed E-state index contributed by atoms with van der Waals surface area (Å²) in [6.07, 6.45) is 2.14. The Labute approximate surface area is 85.6 Å². The molecule has 0 aromatic carbocycles. The van der Waals surface area contributed by atoms with Crippen LogP contribution in [0.25, 0.3) is 0 Å². The molecule has 1 rings (SSSR count). The van der Waals surface area contributed by atoms with Gasteiger partial charge in [0, 0.05) is 20.2 Å². The van der Waals surface area contributed by atoms with E-state index in [2.05, 4.69) is 17.3 Å². The summed E-state index contributed by atoms with van der Waals surface area (Å²) in [5, 5.41) is 2.88. The van der Waals surface area contributed by atoms with Gasteiger partial charge in [-0.15, -0.1) is 0 Å². The summed E-state index contributed by atoms with van der Waals surface area (Å²) >= 11 is 0. The van der Waals surface area contributed by atoms with Gasteiger partial charge < -0.3 is 15.0 Å². The summed E-state index contributed by atoms with van der Waals surface area (Å²) < 4.78 is 4.88. The van der Waals surface area contributed by atoms with Crippen LogP contribution in [-0.2, 0) is 9.53 Å². The molecule has 1 saturated heterocycles. The Kier molecular flexibility index (Phi) is 4.90. The number of ether oxygens (including phenoxy) is 1. The van der Waals surface area contributed by atoms with Gasteiger partial charge >= 0.3 is 0 Å². The molecule has 1 amide bonds. The highest BCUT2D eigenvalue weighted by atomic mass is 16.5. The van der Waals surface area contributed by atoms with Crippen LogP contribution >= 0.6 is 0 Å². The average Bonchev–Trinajstić information content (AvgIpc) is 2.18. The Morgan fingerprint density at radius 2 is 2.43 bits per heavy atom. The number of hydrogen-bond acceptors (Lipinski definition) is 3. The summed E-state index contributed by atoms with van der Waals surface area (Å²) in [5.41, 5.74) is 0. The number of nitrogens with one attached hydrogen (secondary N) is 1. The van der Waals surface area contributed by atoms with Gasteiger partial charge in [0.15, 0.2) is 0 Å². The predicted octanol–water partition coefficient (Wildman–Crippen LogP) is 0.0908. The van der Waals surface area contributed by atoms with Crippen molar-refractivity contribution in [3.63, 3.8) is 0 Å². The van der Waals surface area contributed by atoms with Gasteiger partial charge in [0.05, 0.1) is 12.5 Å². The number of carbonyl (C=O) groups excluding carboxylic acids is 1. The molecule has 0 saturated carbocycles. The number of nitrogens with zero attached hydrogens (tertiary/aromatic N) is 1. The van der Waals surface area contributed by atoms with Crippen molar-refractivity contribution >= 4 is 5.91 Å². The summed E-state index contributed by atoms with van der Waals surface area (Å²) in [5.74, 6) is 0.346. The lowest BCUT2D eigenvalue weighted by molar-refractivity contribution is -0.126. The highest BCUT2D eigenvalue weighted by Gasteiger charge is 2.23. The van der Waals surface area contributed by atoms with Crippen molar-refractivity contribution < 1.29 is 9.53 Å². The molecule has 1 aliphatic rings. The lowest BCUT2D eigenvalue weighted by Crippen LogP contribution is -2.42. The van der Waals surface area contributed by atoms with Gasteiger partial charge in [-0.2, -0.15) is 0 Å². The SMILES string of the molecule is COCCNC(=O)[C@H]1CCCN(C)C1. The Balaban J connectivity index is 2.22. The monoisotopic (exact) mass is 200 g/mol. The van der Waals surface area contributed by atoms with Crippen LogP contribution < -0.4 is 5.32 Å². The zero-order valence-electron chi connectivity index (χ0n) is 9.08. The molecule has 1 aliphatic heterocycles. The molecule has 0 unspecified atom stereocenters. The van der Waals surface area contributed by atoms with Crippen LogP contribution in [0.3, 0.4) is 0 Å². The number of carbonyl (C=O) groups is 1. The summed E-state index contributed by atoms with van der Waals surface area (Å²) in [6.45, 7) is 3.21. The van der Waals surface area contributed by atoms with E-state index in [-0.39, 0.29) is 11.8 Å². The van der Waals surface area contributed by atoms with E-state index in [4.69, 9.17) is 4.74 Å². The molecule has 0 bridgehead atoms. The molecule has 1 heterocycles. The highest BCUT2D eigenvalue weighted by Crippen LogP contribution is 2.14. The molecule has 4 heteroatoms. The smallest absolute Gasteiger partial charge is 0.224 e. The van der Waals surface area contributed by atoms with E-state index in [0.717, 1.165) is 25.9 Å². The van der Waals surface area contributed by atoms with Gasteiger partial charge in [0.25, 0.3) is 0 Å². The molecular weight excluding hydrogens is 180 g/mol. The van der Waals surface area contributed by atoms with E-state index in [1.807, 2.05) is 0 Å². The first-order valence-corrected chi connectivity index (χ1v) is 5.19. The van der Waals surface area contributed by atoms with Gasteiger partial charge in [0.2, 0.25) is 5.91 Å². The minimum Gasteiger partial charge on any atom is -0.383 e. The Morgan fingerprint density at radius 1 is 1.64 bits per heavy atom. The normalized spacial score (nSPS) is 23.4. The van der Waals surface area contributed by atoms with Crippen molar-refractivity contribution in [3.8, 4) is 0 Å².